The number of hydrogen-bond donors (Lipinski definition) is 2. The molecule has 0 fully saturated rings. The van der Waals surface area contributed by atoms with Gasteiger partial charge in [0.2, 0.25) is 5.56 Å². The fraction of sp³-hybridized carbons (Fsp3) is 0. The third kappa shape index (κ3) is 2.82. The number of halogens is 2. The fourth-order valence-electron chi connectivity index (χ4n) is 3.28. The molecule has 6 nitrogen and oxygen atoms in total. The Kier molecular flexibility index (Phi) is 3.83. The molecule has 0 saturated heterocycles. The highest BCUT2D eigenvalue weighted by Crippen LogP contribution is 2.38. The SMILES string of the molecule is O=c1ccc(-c2cnc3[nH]cc(-c4oncc4-c4cccc(F)c4F)c3c2)c[nH]1. The first-order valence-electron chi connectivity index (χ1n) is 8.67. The fourth-order valence-corrected chi connectivity index (χ4v) is 3.28. The number of pyridine rings is 2. The van der Waals surface area contributed by atoms with Gasteiger partial charge in [-0.3, -0.25) is 4.79 Å². The summed E-state index contributed by atoms with van der Waals surface area (Å²) in [6.45, 7) is 0. The van der Waals surface area contributed by atoms with Crippen molar-refractivity contribution in [2.75, 3.05) is 0 Å². The molecule has 0 aliphatic heterocycles. The Labute approximate surface area is 161 Å². The van der Waals surface area contributed by atoms with Crippen LogP contribution in [0.25, 0.3) is 44.6 Å². The number of H-pyrrole nitrogens is 2. The largest absolute Gasteiger partial charge is 0.356 e. The van der Waals surface area contributed by atoms with E-state index in [2.05, 4.69) is 20.1 Å². The number of hydrogen-bond acceptors (Lipinski definition) is 4. The lowest BCUT2D eigenvalue weighted by Gasteiger charge is -2.04. The van der Waals surface area contributed by atoms with Crippen molar-refractivity contribution < 1.29 is 13.3 Å². The van der Waals surface area contributed by atoms with E-state index in [1.807, 2.05) is 6.07 Å². The second-order valence-electron chi connectivity index (χ2n) is 6.43. The molecular weight excluding hydrogens is 378 g/mol. The molecule has 8 heteroatoms. The molecule has 0 bridgehead atoms. The zero-order chi connectivity index (χ0) is 20.0. The Bertz CT molecular complexity index is 1400. The van der Waals surface area contributed by atoms with E-state index in [1.165, 1.54) is 24.4 Å². The molecule has 0 amide bonds. The number of nitrogens with one attached hydrogen (secondary N) is 2. The molecule has 0 aliphatic rings. The minimum atomic E-state index is -0.969. The molecule has 142 valence electrons. The molecule has 0 saturated carbocycles. The van der Waals surface area contributed by atoms with Crippen molar-refractivity contribution in [3.05, 3.63) is 83.2 Å². The van der Waals surface area contributed by atoms with E-state index in [9.17, 15) is 13.6 Å². The molecular formula is C21H12F2N4O2. The molecule has 4 aromatic heterocycles. The Morgan fingerprint density at radius 3 is 2.62 bits per heavy atom. The standard InChI is InChI=1S/C21H12F2N4O2/c22-17-3-1-2-13(19(17)23)16-10-27-29-20(16)15-9-26-21-14(15)6-12(8-25-21)11-4-5-18(28)24-7-11/h1-10H,(H,24,28)(H,25,26). The van der Waals surface area contributed by atoms with Gasteiger partial charge < -0.3 is 14.5 Å². The van der Waals surface area contributed by atoms with E-state index in [1.54, 1.807) is 24.7 Å². The van der Waals surface area contributed by atoms with Gasteiger partial charge in [-0.2, -0.15) is 0 Å². The molecule has 29 heavy (non-hydrogen) atoms. The highest BCUT2D eigenvalue weighted by Gasteiger charge is 2.21. The first-order chi connectivity index (χ1) is 14.1. The third-order valence-electron chi connectivity index (χ3n) is 4.71. The van der Waals surface area contributed by atoms with E-state index in [-0.39, 0.29) is 11.1 Å². The predicted molar refractivity (Wildman–Crippen MR) is 103 cm³/mol. The summed E-state index contributed by atoms with van der Waals surface area (Å²) in [5, 5.41) is 4.50. The summed E-state index contributed by atoms with van der Waals surface area (Å²) in [6.07, 6.45) is 6.30. The van der Waals surface area contributed by atoms with Crippen LogP contribution in [-0.2, 0) is 0 Å². The molecule has 0 aliphatic carbocycles. The summed E-state index contributed by atoms with van der Waals surface area (Å²) in [5.41, 5.74) is 2.93. The van der Waals surface area contributed by atoms with Crippen LogP contribution >= 0.6 is 0 Å². The smallest absolute Gasteiger partial charge is 0.247 e. The van der Waals surface area contributed by atoms with Gasteiger partial charge in [-0.25, -0.2) is 13.8 Å². The maximum atomic E-state index is 14.3. The number of nitrogens with zero attached hydrogens (tertiary/aromatic N) is 2. The van der Waals surface area contributed by atoms with Crippen molar-refractivity contribution in [2.24, 2.45) is 0 Å². The lowest BCUT2D eigenvalue weighted by molar-refractivity contribution is 0.432. The molecule has 5 rings (SSSR count). The summed E-state index contributed by atoms with van der Waals surface area (Å²) >= 11 is 0. The van der Waals surface area contributed by atoms with Gasteiger partial charge in [0.25, 0.3) is 0 Å². The average Bonchev–Trinajstić information content (AvgIpc) is 3.36. The summed E-state index contributed by atoms with van der Waals surface area (Å²) in [4.78, 5) is 21.4. The minimum Gasteiger partial charge on any atom is -0.356 e. The quantitative estimate of drug-likeness (QED) is 0.474. The second-order valence-corrected chi connectivity index (χ2v) is 6.43. The van der Waals surface area contributed by atoms with E-state index in [0.717, 1.165) is 17.2 Å². The number of benzene rings is 1. The van der Waals surface area contributed by atoms with Crippen molar-refractivity contribution in [3.63, 3.8) is 0 Å². The highest BCUT2D eigenvalue weighted by molar-refractivity contribution is 5.97. The first-order valence-corrected chi connectivity index (χ1v) is 8.67. The van der Waals surface area contributed by atoms with E-state index in [0.29, 0.717) is 27.9 Å². The average molecular weight is 390 g/mol. The Balaban J connectivity index is 1.68. The van der Waals surface area contributed by atoms with Crippen LogP contribution in [0.5, 0.6) is 0 Å². The third-order valence-corrected chi connectivity index (χ3v) is 4.71. The zero-order valence-corrected chi connectivity index (χ0v) is 14.7. The normalized spacial score (nSPS) is 11.2. The maximum absolute atomic E-state index is 14.3. The second kappa shape index (κ2) is 6.52. The number of fused-ring (bicyclic) bond motifs is 1. The van der Waals surface area contributed by atoms with E-state index >= 15 is 0 Å². The number of aromatic nitrogens is 4. The molecule has 0 unspecified atom stereocenters. The van der Waals surface area contributed by atoms with Crippen LogP contribution in [0.1, 0.15) is 0 Å². The van der Waals surface area contributed by atoms with Crippen molar-refractivity contribution in [1.82, 2.24) is 20.1 Å². The topological polar surface area (TPSA) is 87.6 Å². The molecule has 0 spiro atoms. The lowest BCUT2D eigenvalue weighted by atomic mass is 10.0. The molecule has 2 N–H and O–H groups in total. The van der Waals surface area contributed by atoms with E-state index < -0.39 is 11.6 Å². The van der Waals surface area contributed by atoms with Crippen LogP contribution in [0.2, 0.25) is 0 Å². The lowest BCUT2D eigenvalue weighted by Crippen LogP contribution is -2.01. The van der Waals surface area contributed by atoms with Gasteiger partial charge in [0, 0.05) is 46.7 Å². The van der Waals surface area contributed by atoms with Crippen molar-refractivity contribution >= 4 is 11.0 Å². The number of aromatic amines is 2. The Morgan fingerprint density at radius 1 is 0.897 bits per heavy atom. The predicted octanol–water partition coefficient (Wildman–Crippen LogP) is 4.52. The summed E-state index contributed by atoms with van der Waals surface area (Å²) in [7, 11) is 0. The van der Waals surface area contributed by atoms with Gasteiger partial charge in [-0.1, -0.05) is 17.3 Å². The molecule has 4 heterocycles. The molecule has 0 radical (unpaired) electrons. The molecule has 5 aromatic rings. The van der Waals surface area contributed by atoms with Crippen molar-refractivity contribution in [1.29, 1.82) is 0 Å². The maximum Gasteiger partial charge on any atom is 0.247 e. The van der Waals surface area contributed by atoms with Crippen molar-refractivity contribution in [2.45, 2.75) is 0 Å². The summed E-state index contributed by atoms with van der Waals surface area (Å²) in [5.74, 6) is -1.62. The van der Waals surface area contributed by atoms with Gasteiger partial charge in [-0.15, -0.1) is 0 Å². The number of rotatable bonds is 3. The van der Waals surface area contributed by atoms with Crippen LogP contribution in [0, 0.1) is 11.6 Å². The Morgan fingerprint density at radius 2 is 1.79 bits per heavy atom. The van der Waals surface area contributed by atoms with Gasteiger partial charge in [-0.05, 0) is 23.8 Å². The minimum absolute atomic E-state index is 0.0559. The van der Waals surface area contributed by atoms with E-state index in [4.69, 9.17) is 4.52 Å². The van der Waals surface area contributed by atoms with Gasteiger partial charge >= 0.3 is 0 Å². The van der Waals surface area contributed by atoms with Crippen LogP contribution in [0.3, 0.4) is 0 Å². The molecule has 1 aromatic carbocycles. The zero-order valence-electron chi connectivity index (χ0n) is 14.7. The van der Waals surface area contributed by atoms with Crippen molar-refractivity contribution in [3.8, 4) is 33.6 Å². The van der Waals surface area contributed by atoms with Crippen LogP contribution < -0.4 is 5.56 Å². The Hall–Kier alpha value is -4.07. The molecule has 0 atom stereocenters. The first kappa shape index (κ1) is 17.1. The van der Waals surface area contributed by atoms with Crippen LogP contribution in [0.15, 0.2) is 70.5 Å². The summed E-state index contributed by atoms with van der Waals surface area (Å²) in [6, 6.07) is 8.94. The van der Waals surface area contributed by atoms with Gasteiger partial charge in [0.05, 0.1) is 11.8 Å². The highest BCUT2D eigenvalue weighted by atomic mass is 19.2. The van der Waals surface area contributed by atoms with Crippen LogP contribution in [-0.4, -0.2) is 20.1 Å². The van der Waals surface area contributed by atoms with Gasteiger partial charge in [0.1, 0.15) is 5.65 Å². The summed E-state index contributed by atoms with van der Waals surface area (Å²) < 4.78 is 33.4. The van der Waals surface area contributed by atoms with Crippen LogP contribution in [0.4, 0.5) is 8.78 Å². The monoisotopic (exact) mass is 390 g/mol. The van der Waals surface area contributed by atoms with Gasteiger partial charge in [0.15, 0.2) is 17.4 Å².